The van der Waals surface area contributed by atoms with Gasteiger partial charge in [0.05, 0.1) is 12.0 Å². The first-order valence-corrected chi connectivity index (χ1v) is 5.72. The molecule has 5 nitrogen and oxygen atoms in total. The molecule has 1 amide bonds. The number of carbonyl (C=O) groups excluding carboxylic acids is 1. The van der Waals surface area contributed by atoms with Crippen molar-refractivity contribution in [2.45, 2.75) is 32.9 Å². The predicted octanol–water partition coefficient (Wildman–Crippen LogP) is 2.33. The van der Waals surface area contributed by atoms with Crippen molar-refractivity contribution >= 4 is 18.1 Å². The molecule has 0 fully saturated rings. The van der Waals surface area contributed by atoms with Gasteiger partial charge in [0.1, 0.15) is 5.60 Å². The maximum absolute atomic E-state index is 11.3. The number of nitrogens with one attached hydrogen (secondary N) is 1. The second-order valence-electron chi connectivity index (χ2n) is 4.77. The van der Waals surface area contributed by atoms with Crippen LogP contribution >= 0.6 is 0 Å². The van der Waals surface area contributed by atoms with Gasteiger partial charge in [-0.2, -0.15) is 0 Å². The summed E-state index contributed by atoms with van der Waals surface area (Å²) in [5.74, 6) is 0. The molecule has 0 aliphatic rings. The minimum Gasteiger partial charge on any atom is -0.444 e. The molecule has 0 saturated heterocycles. The van der Waals surface area contributed by atoms with E-state index in [-0.39, 0.29) is 0 Å². The van der Waals surface area contributed by atoms with Gasteiger partial charge in [-0.15, -0.1) is 0 Å². The summed E-state index contributed by atoms with van der Waals surface area (Å²) in [4.78, 5) is 15.4. The van der Waals surface area contributed by atoms with Crippen molar-refractivity contribution in [1.29, 1.82) is 0 Å². The molecule has 0 heterocycles. The van der Waals surface area contributed by atoms with Gasteiger partial charge in [0.25, 0.3) is 0 Å². The van der Waals surface area contributed by atoms with E-state index in [1.165, 1.54) is 6.34 Å². The van der Waals surface area contributed by atoms with Crippen LogP contribution in [0, 0.1) is 0 Å². The molecule has 98 valence electrons. The summed E-state index contributed by atoms with van der Waals surface area (Å²) >= 11 is 0. The highest BCUT2D eigenvalue weighted by atomic mass is 16.6. The smallest absolute Gasteiger partial charge is 0.412 e. The highest BCUT2D eigenvalue weighted by molar-refractivity contribution is 5.83. The first kappa shape index (κ1) is 14.2. The zero-order valence-electron chi connectivity index (χ0n) is 10.9. The molecule has 5 heteroatoms. The molecule has 1 aromatic carbocycles. The lowest BCUT2D eigenvalue weighted by atomic mass is 10.2. The normalized spacial score (nSPS) is 11.6. The molecule has 0 unspecified atom stereocenters. The van der Waals surface area contributed by atoms with E-state index in [0.717, 1.165) is 11.3 Å². The van der Waals surface area contributed by atoms with Crippen LogP contribution in [0.5, 0.6) is 0 Å². The molecular weight excluding hydrogens is 230 g/mol. The van der Waals surface area contributed by atoms with Crippen LogP contribution < -0.4 is 11.1 Å². The van der Waals surface area contributed by atoms with Crippen LogP contribution in [0.15, 0.2) is 29.3 Å². The van der Waals surface area contributed by atoms with Gasteiger partial charge in [-0.1, -0.05) is 12.1 Å². The summed E-state index contributed by atoms with van der Waals surface area (Å²) in [5, 5.41) is 2.44. The number of ether oxygens (including phenoxy) is 1. The largest absolute Gasteiger partial charge is 0.444 e. The van der Waals surface area contributed by atoms with Gasteiger partial charge in [0, 0.05) is 6.54 Å². The molecular formula is C13H19N3O2. The Hall–Kier alpha value is -1.88. The number of carbonyl (C=O) groups is 1. The lowest BCUT2D eigenvalue weighted by Crippen LogP contribution is -2.31. The van der Waals surface area contributed by atoms with E-state index in [4.69, 9.17) is 10.5 Å². The van der Waals surface area contributed by atoms with Crippen molar-refractivity contribution in [3.63, 3.8) is 0 Å². The van der Waals surface area contributed by atoms with E-state index < -0.39 is 11.7 Å². The fourth-order valence-corrected chi connectivity index (χ4v) is 1.19. The van der Waals surface area contributed by atoms with Gasteiger partial charge >= 0.3 is 6.09 Å². The van der Waals surface area contributed by atoms with Crippen molar-refractivity contribution in [2.24, 2.45) is 10.7 Å². The maximum atomic E-state index is 11.3. The van der Waals surface area contributed by atoms with Crippen LogP contribution in [0.4, 0.5) is 10.5 Å². The summed E-state index contributed by atoms with van der Waals surface area (Å²) < 4.78 is 5.05. The molecule has 1 rings (SSSR count). The Morgan fingerprint density at radius 2 is 2.00 bits per heavy atom. The van der Waals surface area contributed by atoms with Crippen LogP contribution in [-0.2, 0) is 11.3 Å². The summed E-state index contributed by atoms with van der Waals surface area (Å²) in [6.07, 6.45) is 0.788. The van der Waals surface area contributed by atoms with Crippen LogP contribution in [0.3, 0.4) is 0 Å². The van der Waals surface area contributed by atoms with Gasteiger partial charge in [-0.25, -0.2) is 9.79 Å². The Kier molecular flexibility index (Phi) is 4.85. The SMILES string of the molecule is CC(C)(C)OC(=O)N/C=N/c1ccc(CN)cc1. The number of aliphatic imine (C=N–C) groups is 1. The number of nitrogens with two attached hydrogens (primary N) is 1. The molecule has 0 atom stereocenters. The van der Waals surface area contributed by atoms with Gasteiger partial charge in [-0.05, 0) is 38.5 Å². The molecule has 0 saturated carbocycles. The van der Waals surface area contributed by atoms with Gasteiger partial charge < -0.3 is 10.5 Å². The second-order valence-corrected chi connectivity index (χ2v) is 4.77. The summed E-state index contributed by atoms with van der Waals surface area (Å²) in [6, 6.07) is 7.44. The molecule has 0 aliphatic carbocycles. The first-order chi connectivity index (χ1) is 8.40. The second kappa shape index (κ2) is 6.16. The average Bonchev–Trinajstić information content (AvgIpc) is 2.27. The Bertz CT molecular complexity index is 419. The number of alkyl carbamates (subject to hydrolysis) is 1. The van der Waals surface area contributed by atoms with E-state index in [9.17, 15) is 4.79 Å². The fraction of sp³-hybridized carbons (Fsp3) is 0.385. The third-order valence-electron chi connectivity index (χ3n) is 1.97. The highest BCUT2D eigenvalue weighted by Crippen LogP contribution is 2.11. The molecule has 0 bridgehead atoms. The summed E-state index contributed by atoms with van der Waals surface area (Å²) in [5.41, 5.74) is 6.75. The summed E-state index contributed by atoms with van der Waals surface area (Å²) in [7, 11) is 0. The van der Waals surface area contributed by atoms with Crippen LogP contribution in [0.2, 0.25) is 0 Å². The fourth-order valence-electron chi connectivity index (χ4n) is 1.19. The maximum Gasteiger partial charge on any atom is 0.412 e. The minimum atomic E-state index is -0.523. The van der Waals surface area contributed by atoms with E-state index in [0.29, 0.717) is 6.54 Å². The van der Waals surface area contributed by atoms with E-state index >= 15 is 0 Å². The minimum absolute atomic E-state index is 0.500. The number of amides is 1. The molecule has 3 N–H and O–H groups in total. The molecule has 0 aliphatic heterocycles. The zero-order chi connectivity index (χ0) is 13.6. The quantitative estimate of drug-likeness (QED) is 0.637. The Labute approximate surface area is 107 Å². The van der Waals surface area contributed by atoms with Crippen molar-refractivity contribution in [1.82, 2.24) is 5.32 Å². The number of rotatable bonds is 3. The zero-order valence-corrected chi connectivity index (χ0v) is 10.9. The van der Waals surface area contributed by atoms with E-state index in [1.807, 2.05) is 24.3 Å². The lowest BCUT2D eigenvalue weighted by molar-refractivity contribution is 0.0565. The lowest BCUT2D eigenvalue weighted by Gasteiger charge is -2.18. The Balaban J connectivity index is 2.47. The monoisotopic (exact) mass is 249 g/mol. The first-order valence-electron chi connectivity index (χ1n) is 5.72. The van der Waals surface area contributed by atoms with Crippen molar-refractivity contribution in [3.8, 4) is 0 Å². The molecule has 0 aromatic heterocycles. The van der Waals surface area contributed by atoms with Crippen molar-refractivity contribution in [2.75, 3.05) is 0 Å². The van der Waals surface area contributed by atoms with Crippen molar-refractivity contribution in [3.05, 3.63) is 29.8 Å². The van der Waals surface area contributed by atoms with Gasteiger partial charge in [0.15, 0.2) is 0 Å². The molecule has 1 aromatic rings. The number of hydrogen-bond donors (Lipinski definition) is 2. The molecule has 18 heavy (non-hydrogen) atoms. The molecule has 0 radical (unpaired) electrons. The third kappa shape index (κ3) is 5.45. The topological polar surface area (TPSA) is 76.7 Å². The number of nitrogens with zero attached hydrogens (tertiary/aromatic N) is 1. The third-order valence-corrected chi connectivity index (χ3v) is 1.97. The van der Waals surface area contributed by atoms with Crippen molar-refractivity contribution < 1.29 is 9.53 Å². The average molecular weight is 249 g/mol. The van der Waals surface area contributed by atoms with Gasteiger partial charge in [0.2, 0.25) is 0 Å². The number of benzene rings is 1. The Morgan fingerprint density at radius 3 is 2.50 bits per heavy atom. The summed E-state index contributed by atoms with van der Waals surface area (Å²) in [6.45, 7) is 5.90. The van der Waals surface area contributed by atoms with E-state index in [1.54, 1.807) is 20.8 Å². The van der Waals surface area contributed by atoms with Gasteiger partial charge in [-0.3, -0.25) is 5.32 Å². The predicted molar refractivity (Wildman–Crippen MR) is 71.9 cm³/mol. The van der Waals surface area contributed by atoms with E-state index in [2.05, 4.69) is 10.3 Å². The number of hydrogen-bond acceptors (Lipinski definition) is 4. The molecule has 0 spiro atoms. The Morgan fingerprint density at radius 1 is 1.39 bits per heavy atom. The van der Waals surface area contributed by atoms with Crippen LogP contribution in [-0.4, -0.2) is 18.0 Å². The highest BCUT2D eigenvalue weighted by Gasteiger charge is 2.14. The standard InChI is InChI=1S/C13H19N3O2/c1-13(2,3)18-12(17)16-9-15-11-6-4-10(8-14)5-7-11/h4-7,9H,8,14H2,1-3H3,(H,15,16,17). The van der Waals surface area contributed by atoms with Crippen LogP contribution in [0.1, 0.15) is 26.3 Å². The van der Waals surface area contributed by atoms with Crippen LogP contribution in [0.25, 0.3) is 0 Å².